The van der Waals surface area contributed by atoms with E-state index < -0.39 is 0 Å². The maximum atomic E-state index is 4.50. The molecule has 3 heteroatoms. The van der Waals surface area contributed by atoms with Crippen molar-refractivity contribution >= 4 is 10.9 Å². The Morgan fingerprint density at radius 1 is 1.25 bits per heavy atom. The van der Waals surface area contributed by atoms with Gasteiger partial charge in [0.1, 0.15) is 0 Å². The van der Waals surface area contributed by atoms with Crippen LogP contribution in [-0.4, -0.2) is 16.8 Å². The van der Waals surface area contributed by atoms with E-state index >= 15 is 0 Å². The van der Waals surface area contributed by atoms with Crippen molar-refractivity contribution in [3.63, 3.8) is 0 Å². The summed E-state index contributed by atoms with van der Waals surface area (Å²) in [6, 6.07) is 8.08. The normalized spacial score (nSPS) is 9.25. The lowest BCUT2D eigenvalue weighted by Crippen LogP contribution is -1.84. The van der Waals surface area contributed by atoms with Gasteiger partial charge in [-0.1, -0.05) is 18.2 Å². The van der Waals surface area contributed by atoms with Crippen molar-refractivity contribution in [2.24, 2.45) is 12.8 Å². The number of nitrogens with two attached hydrogens (primary N) is 1. The molecule has 2 aromatic rings. The van der Waals surface area contributed by atoms with E-state index in [4.69, 9.17) is 0 Å². The van der Waals surface area contributed by atoms with Crippen LogP contribution in [0.15, 0.2) is 30.5 Å². The highest BCUT2D eigenvalue weighted by atomic mass is 15.2. The summed E-state index contributed by atoms with van der Waals surface area (Å²) in [6.45, 7) is 0. The lowest BCUT2D eigenvalue weighted by atomic mass is 10.3. The van der Waals surface area contributed by atoms with Crippen molar-refractivity contribution in [3.8, 4) is 0 Å². The molecular weight excluding hydrogens is 150 g/mol. The van der Waals surface area contributed by atoms with Gasteiger partial charge in [-0.3, -0.25) is 4.68 Å². The summed E-state index contributed by atoms with van der Waals surface area (Å²) in [5.41, 5.74) is 5.56. The average Bonchev–Trinajstić information content (AvgIpc) is 2.48. The van der Waals surface area contributed by atoms with Gasteiger partial charge in [-0.05, 0) is 13.1 Å². The smallest absolute Gasteiger partial charge is 0.0923 e. The van der Waals surface area contributed by atoms with E-state index in [9.17, 15) is 0 Å². The van der Waals surface area contributed by atoms with Crippen molar-refractivity contribution < 1.29 is 0 Å². The van der Waals surface area contributed by atoms with E-state index in [0.717, 1.165) is 5.52 Å². The molecule has 0 atom stereocenters. The fourth-order valence-electron chi connectivity index (χ4n) is 1.09. The van der Waals surface area contributed by atoms with Gasteiger partial charge in [0.2, 0.25) is 0 Å². The number of hydrogen-bond donors (Lipinski definition) is 1. The van der Waals surface area contributed by atoms with Crippen molar-refractivity contribution in [1.29, 1.82) is 0 Å². The van der Waals surface area contributed by atoms with Gasteiger partial charge < -0.3 is 5.73 Å². The molecule has 0 saturated heterocycles. The summed E-state index contributed by atoms with van der Waals surface area (Å²) >= 11 is 0. The molecule has 12 heavy (non-hydrogen) atoms. The van der Waals surface area contributed by atoms with Crippen LogP contribution in [-0.2, 0) is 7.05 Å². The van der Waals surface area contributed by atoms with E-state index in [0.29, 0.717) is 0 Å². The third-order valence-corrected chi connectivity index (χ3v) is 1.53. The molecule has 0 spiro atoms. The molecule has 2 N–H and O–H groups in total. The zero-order valence-corrected chi connectivity index (χ0v) is 7.36. The fourth-order valence-corrected chi connectivity index (χ4v) is 1.09. The molecule has 0 amide bonds. The predicted octanol–water partition coefficient (Wildman–Crippen LogP) is 1.15. The molecular formula is C9H13N3. The Balaban J connectivity index is 0.000000336. The van der Waals surface area contributed by atoms with Gasteiger partial charge in [-0.15, -0.1) is 0 Å². The minimum atomic E-state index is 1.06. The van der Waals surface area contributed by atoms with Crippen LogP contribution >= 0.6 is 0 Å². The molecule has 1 aromatic heterocycles. The molecule has 2 rings (SSSR count). The molecule has 64 valence electrons. The Labute approximate surface area is 71.8 Å². The second-order valence-electron chi connectivity index (χ2n) is 2.36. The minimum Gasteiger partial charge on any atom is -0.333 e. The second kappa shape index (κ2) is 3.88. The maximum absolute atomic E-state index is 4.50. The van der Waals surface area contributed by atoms with Gasteiger partial charge >= 0.3 is 0 Å². The first-order valence-electron chi connectivity index (χ1n) is 3.82. The third-order valence-electron chi connectivity index (χ3n) is 1.53. The second-order valence-corrected chi connectivity index (χ2v) is 2.36. The summed E-state index contributed by atoms with van der Waals surface area (Å²) < 4.78 is 1.82. The summed E-state index contributed by atoms with van der Waals surface area (Å²) in [5, 5.41) is 5.43. The molecule has 0 radical (unpaired) electrons. The van der Waals surface area contributed by atoms with Crippen LogP contribution < -0.4 is 5.73 Å². The largest absolute Gasteiger partial charge is 0.333 e. The first kappa shape index (κ1) is 8.74. The average molecular weight is 163 g/mol. The van der Waals surface area contributed by atoms with Crippen molar-refractivity contribution in [1.82, 2.24) is 9.78 Å². The van der Waals surface area contributed by atoms with E-state index in [2.05, 4.69) is 16.9 Å². The maximum Gasteiger partial charge on any atom is 0.0923 e. The summed E-state index contributed by atoms with van der Waals surface area (Å²) in [7, 11) is 3.43. The van der Waals surface area contributed by atoms with Crippen molar-refractivity contribution in [2.75, 3.05) is 7.05 Å². The minimum absolute atomic E-state index is 1.06. The molecule has 1 heterocycles. The summed E-state index contributed by atoms with van der Waals surface area (Å²) in [5.74, 6) is 0. The van der Waals surface area contributed by atoms with E-state index in [1.165, 1.54) is 12.4 Å². The lowest BCUT2D eigenvalue weighted by molar-refractivity contribution is 0.780. The van der Waals surface area contributed by atoms with Crippen LogP contribution in [0.3, 0.4) is 0 Å². The first-order chi connectivity index (χ1) is 5.86. The first-order valence-corrected chi connectivity index (χ1v) is 3.82. The number of benzene rings is 1. The van der Waals surface area contributed by atoms with Gasteiger partial charge in [0, 0.05) is 18.6 Å². The number of nitrogens with zero attached hydrogens (tertiary/aromatic N) is 2. The molecule has 0 saturated carbocycles. The molecule has 0 aliphatic heterocycles. The topological polar surface area (TPSA) is 43.8 Å². The van der Waals surface area contributed by atoms with Crippen LogP contribution in [0, 0.1) is 0 Å². The van der Waals surface area contributed by atoms with Gasteiger partial charge in [0.15, 0.2) is 0 Å². The molecule has 0 unspecified atom stereocenters. The Kier molecular flexibility index (Phi) is 2.82. The third kappa shape index (κ3) is 1.62. The Morgan fingerprint density at radius 3 is 2.58 bits per heavy atom. The number of fused-ring (bicyclic) bond motifs is 1. The highest BCUT2D eigenvalue weighted by Gasteiger charge is 1.92. The molecule has 3 nitrogen and oxygen atoms in total. The van der Waals surface area contributed by atoms with E-state index in [1.807, 2.05) is 36.1 Å². The van der Waals surface area contributed by atoms with Crippen LogP contribution in [0.2, 0.25) is 0 Å². The monoisotopic (exact) mass is 163 g/mol. The Bertz CT molecular complexity index is 318. The molecule has 1 aromatic carbocycles. The van der Waals surface area contributed by atoms with Crippen LogP contribution in [0.5, 0.6) is 0 Å². The summed E-state index contributed by atoms with van der Waals surface area (Å²) in [4.78, 5) is 0. The Morgan fingerprint density at radius 2 is 1.92 bits per heavy atom. The fraction of sp³-hybridized carbons (Fsp3) is 0.222. The zero-order valence-electron chi connectivity index (χ0n) is 7.36. The zero-order chi connectivity index (χ0) is 8.97. The number of rotatable bonds is 0. The van der Waals surface area contributed by atoms with Crippen molar-refractivity contribution in [3.05, 3.63) is 30.5 Å². The van der Waals surface area contributed by atoms with E-state index in [1.54, 1.807) is 0 Å². The van der Waals surface area contributed by atoms with E-state index in [-0.39, 0.29) is 0 Å². The predicted molar refractivity (Wildman–Crippen MR) is 50.8 cm³/mol. The van der Waals surface area contributed by atoms with Crippen LogP contribution in [0.1, 0.15) is 0 Å². The number of aryl methyl sites for hydroxylation is 1. The molecule has 0 fully saturated rings. The van der Waals surface area contributed by atoms with Gasteiger partial charge in [0.25, 0.3) is 0 Å². The highest BCUT2D eigenvalue weighted by Crippen LogP contribution is 2.08. The SMILES string of the molecule is CN.Cn1cc2ccccc2n1. The highest BCUT2D eigenvalue weighted by molar-refractivity contribution is 5.77. The number of hydrogen-bond acceptors (Lipinski definition) is 2. The van der Waals surface area contributed by atoms with Crippen LogP contribution in [0.4, 0.5) is 0 Å². The summed E-state index contributed by atoms with van der Waals surface area (Å²) in [6.07, 6.45) is 2.01. The number of aromatic nitrogens is 2. The van der Waals surface area contributed by atoms with Gasteiger partial charge in [-0.2, -0.15) is 5.10 Å². The van der Waals surface area contributed by atoms with Gasteiger partial charge in [-0.25, -0.2) is 0 Å². The molecule has 0 aliphatic carbocycles. The molecule has 0 bridgehead atoms. The quantitative estimate of drug-likeness (QED) is 0.633. The lowest BCUT2D eigenvalue weighted by Gasteiger charge is -1.80. The van der Waals surface area contributed by atoms with Crippen LogP contribution in [0.25, 0.3) is 10.9 Å². The van der Waals surface area contributed by atoms with Crippen molar-refractivity contribution in [2.45, 2.75) is 0 Å². The standard InChI is InChI=1S/C8H8N2.CH5N/c1-10-6-7-4-2-3-5-8(7)9-10;1-2/h2-6H,1H3;2H2,1H3. The molecule has 0 aliphatic rings. The van der Waals surface area contributed by atoms with Gasteiger partial charge in [0.05, 0.1) is 5.52 Å². The Hall–Kier alpha value is -1.35.